The van der Waals surface area contributed by atoms with Gasteiger partial charge >= 0.3 is 5.97 Å². The van der Waals surface area contributed by atoms with Crippen LogP contribution in [-0.2, 0) is 4.79 Å². The Morgan fingerprint density at radius 1 is 0.929 bits per heavy atom. The van der Waals surface area contributed by atoms with E-state index in [1.165, 1.54) is 6.92 Å². The molecule has 136 valence electrons. The summed E-state index contributed by atoms with van der Waals surface area (Å²) in [5, 5.41) is 0.664. The maximum atomic E-state index is 13.3. The first kappa shape index (κ1) is 17.0. The Balaban J connectivity index is 1.94. The number of fused-ring (bicyclic) bond motifs is 5. The highest BCUT2D eigenvalue weighted by atomic mass is 79.9. The largest absolute Gasteiger partial charge is 0.426 e. The summed E-state index contributed by atoms with van der Waals surface area (Å²) in [6, 6.07) is 21.0. The summed E-state index contributed by atoms with van der Waals surface area (Å²) >= 11 is 3.47. The highest BCUT2D eigenvalue weighted by Crippen LogP contribution is 2.46. The van der Waals surface area contributed by atoms with Gasteiger partial charge in [-0.15, -0.1) is 0 Å². The number of rotatable bonds is 2. The molecule has 1 aliphatic rings. The van der Waals surface area contributed by atoms with Gasteiger partial charge < -0.3 is 9.30 Å². The number of hydrogen-bond donors (Lipinski definition) is 0. The van der Waals surface area contributed by atoms with Crippen LogP contribution in [-0.4, -0.2) is 16.3 Å². The normalized spacial score (nSPS) is 12.1. The summed E-state index contributed by atoms with van der Waals surface area (Å²) in [7, 11) is 0. The fourth-order valence-corrected chi connectivity index (χ4v) is 4.17. The molecule has 0 atom stereocenters. The topological polar surface area (TPSA) is 48.3 Å². The first-order chi connectivity index (χ1) is 13.6. The second kappa shape index (κ2) is 6.17. The van der Waals surface area contributed by atoms with E-state index in [-0.39, 0.29) is 5.78 Å². The number of aromatic nitrogens is 1. The molecule has 5 rings (SSSR count). The molecule has 0 amide bonds. The van der Waals surface area contributed by atoms with Crippen molar-refractivity contribution < 1.29 is 14.3 Å². The molecule has 1 heterocycles. The molecule has 0 N–H and O–H groups in total. The molecule has 0 bridgehead atoms. The second-order valence-corrected chi connectivity index (χ2v) is 7.57. The third-order valence-corrected chi connectivity index (χ3v) is 5.48. The third-order valence-electron chi connectivity index (χ3n) is 4.95. The van der Waals surface area contributed by atoms with E-state index in [1.807, 2.05) is 60.7 Å². The minimum Gasteiger partial charge on any atom is -0.426 e. The van der Waals surface area contributed by atoms with Crippen LogP contribution in [0.4, 0.5) is 0 Å². The predicted octanol–water partition coefficient (Wildman–Crippen LogP) is 5.53. The lowest BCUT2D eigenvalue weighted by Gasteiger charge is -2.11. The SMILES string of the molecule is CC(=O)Oc1cccc2c1c1c(n2-c2ccc(Br)cc2)-c2ccccc2C1=O. The number of ether oxygens (including phenoxy) is 1. The van der Waals surface area contributed by atoms with E-state index in [0.29, 0.717) is 22.3 Å². The van der Waals surface area contributed by atoms with Crippen molar-refractivity contribution >= 4 is 38.6 Å². The zero-order chi connectivity index (χ0) is 19.4. The minimum absolute atomic E-state index is 0.0499. The van der Waals surface area contributed by atoms with Gasteiger partial charge in [0.2, 0.25) is 0 Å². The molecule has 0 spiro atoms. The standard InChI is InChI=1S/C23H14BrNO3/c1-13(26)28-19-8-4-7-18-20(19)21-22(16-5-2-3-6-17(16)23(21)27)25(18)15-11-9-14(24)10-12-15/h2-12H,1H3. The molecule has 0 unspecified atom stereocenters. The Morgan fingerprint density at radius 2 is 1.64 bits per heavy atom. The summed E-state index contributed by atoms with van der Waals surface area (Å²) < 4.78 is 8.49. The molecule has 0 saturated heterocycles. The summed E-state index contributed by atoms with van der Waals surface area (Å²) in [6.07, 6.45) is 0. The van der Waals surface area contributed by atoms with Gasteiger partial charge in [0.25, 0.3) is 0 Å². The first-order valence-electron chi connectivity index (χ1n) is 8.82. The summed E-state index contributed by atoms with van der Waals surface area (Å²) in [4.78, 5) is 24.9. The maximum absolute atomic E-state index is 13.3. The van der Waals surface area contributed by atoms with Crippen LogP contribution in [0.1, 0.15) is 22.8 Å². The van der Waals surface area contributed by atoms with E-state index in [9.17, 15) is 9.59 Å². The van der Waals surface area contributed by atoms with Crippen LogP contribution in [0.3, 0.4) is 0 Å². The van der Waals surface area contributed by atoms with E-state index in [2.05, 4.69) is 20.5 Å². The molecular formula is C23H14BrNO3. The Kier molecular flexibility index (Phi) is 3.74. The van der Waals surface area contributed by atoms with Crippen molar-refractivity contribution in [1.29, 1.82) is 0 Å². The van der Waals surface area contributed by atoms with Crippen LogP contribution in [0, 0.1) is 0 Å². The Hall–Kier alpha value is -3.18. The molecule has 3 aromatic carbocycles. The summed E-state index contributed by atoms with van der Waals surface area (Å²) in [5.41, 5.74) is 4.72. The maximum Gasteiger partial charge on any atom is 0.308 e. The molecule has 1 aliphatic carbocycles. The van der Waals surface area contributed by atoms with Crippen LogP contribution in [0.15, 0.2) is 71.2 Å². The van der Waals surface area contributed by atoms with E-state index in [1.54, 1.807) is 6.07 Å². The fraction of sp³-hybridized carbons (Fsp3) is 0.0435. The fourth-order valence-electron chi connectivity index (χ4n) is 3.90. The van der Waals surface area contributed by atoms with Crippen molar-refractivity contribution in [2.45, 2.75) is 6.92 Å². The smallest absolute Gasteiger partial charge is 0.308 e. The first-order valence-corrected chi connectivity index (χ1v) is 9.61. The predicted molar refractivity (Wildman–Crippen MR) is 111 cm³/mol. The second-order valence-electron chi connectivity index (χ2n) is 6.65. The molecule has 4 nitrogen and oxygen atoms in total. The molecule has 4 aromatic rings. The van der Waals surface area contributed by atoms with Gasteiger partial charge in [0.05, 0.1) is 22.2 Å². The average Bonchev–Trinajstić information content (AvgIpc) is 3.17. The number of ketones is 1. The number of esters is 1. The number of hydrogen-bond acceptors (Lipinski definition) is 3. The highest BCUT2D eigenvalue weighted by molar-refractivity contribution is 9.10. The third kappa shape index (κ3) is 2.36. The zero-order valence-corrected chi connectivity index (χ0v) is 16.5. The molecule has 1 aromatic heterocycles. The number of carbonyl (C=O) groups is 2. The monoisotopic (exact) mass is 431 g/mol. The number of halogens is 1. The molecule has 0 aliphatic heterocycles. The molecule has 0 saturated carbocycles. The lowest BCUT2D eigenvalue weighted by molar-refractivity contribution is -0.131. The average molecular weight is 432 g/mol. The van der Waals surface area contributed by atoms with Crippen LogP contribution < -0.4 is 4.74 Å². The van der Waals surface area contributed by atoms with E-state index in [0.717, 1.165) is 26.9 Å². The van der Waals surface area contributed by atoms with Gasteiger partial charge in [0.15, 0.2) is 5.78 Å². The molecule has 5 heteroatoms. The van der Waals surface area contributed by atoms with Crippen molar-refractivity contribution in [3.8, 4) is 22.7 Å². The van der Waals surface area contributed by atoms with Gasteiger partial charge in [0.1, 0.15) is 5.75 Å². The molecule has 0 fully saturated rings. The van der Waals surface area contributed by atoms with Crippen LogP contribution in [0.2, 0.25) is 0 Å². The van der Waals surface area contributed by atoms with Gasteiger partial charge in [-0.2, -0.15) is 0 Å². The Labute approximate surface area is 169 Å². The van der Waals surface area contributed by atoms with Crippen molar-refractivity contribution in [2.75, 3.05) is 0 Å². The van der Waals surface area contributed by atoms with E-state index in [4.69, 9.17) is 4.74 Å². The van der Waals surface area contributed by atoms with Crippen molar-refractivity contribution in [2.24, 2.45) is 0 Å². The number of nitrogens with zero attached hydrogens (tertiary/aromatic N) is 1. The van der Waals surface area contributed by atoms with Gasteiger partial charge in [-0.1, -0.05) is 46.3 Å². The van der Waals surface area contributed by atoms with Crippen molar-refractivity contribution in [3.63, 3.8) is 0 Å². The zero-order valence-electron chi connectivity index (χ0n) is 14.9. The lowest BCUT2D eigenvalue weighted by Crippen LogP contribution is -2.03. The van der Waals surface area contributed by atoms with Crippen LogP contribution in [0.5, 0.6) is 5.75 Å². The van der Waals surface area contributed by atoms with E-state index >= 15 is 0 Å². The summed E-state index contributed by atoms with van der Waals surface area (Å²) in [5.74, 6) is -0.0649. The molecule has 0 radical (unpaired) electrons. The van der Waals surface area contributed by atoms with Crippen molar-refractivity contribution in [3.05, 3.63) is 82.3 Å². The summed E-state index contributed by atoms with van der Waals surface area (Å²) in [6.45, 7) is 1.36. The number of benzene rings is 3. The molecule has 28 heavy (non-hydrogen) atoms. The Bertz CT molecular complexity index is 1290. The highest BCUT2D eigenvalue weighted by Gasteiger charge is 2.35. The number of carbonyl (C=O) groups excluding carboxylic acids is 2. The van der Waals surface area contributed by atoms with Crippen molar-refractivity contribution in [1.82, 2.24) is 4.57 Å². The van der Waals surface area contributed by atoms with Crippen LogP contribution in [0.25, 0.3) is 27.8 Å². The molecular weight excluding hydrogens is 418 g/mol. The van der Waals surface area contributed by atoms with Crippen LogP contribution >= 0.6 is 15.9 Å². The van der Waals surface area contributed by atoms with Gasteiger partial charge in [-0.25, -0.2) is 0 Å². The van der Waals surface area contributed by atoms with Gasteiger partial charge in [-0.3, -0.25) is 9.59 Å². The minimum atomic E-state index is -0.416. The van der Waals surface area contributed by atoms with Gasteiger partial charge in [-0.05, 0) is 36.4 Å². The quantitative estimate of drug-likeness (QED) is 0.272. The van der Waals surface area contributed by atoms with E-state index < -0.39 is 5.97 Å². The lowest BCUT2D eigenvalue weighted by atomic mass is 10.1. The Morgan fingerprint density at radius 3 is 2.36 bits per heavy atom. The van der Waals surface area contributed by atoms with Gasteiger partial charge in [0, 0.05) is 28.2 Å².